The second-order valence-electron chi connectivity index (χ2n) is 4.28. The van der Waals surface area contributed by atoms with E-state index in [9.17, 15) is 5.11 Å². The molecule has 1 unspecified atom stereocenters. The van der Waals surface area contributed by atoms with Crippen LogP contribution in [-0.4, -0.2) is 5.11 Å². The maximum absolute atomic E-state index is 9.73. The molecular formula is C15H14Br2O2. The maximum atomic E-state index is 9.73. The smallest absolute Gasteiger partial charge is 0.126 e. The molecule has 0 saturated carbocycles. The van der Waals surface area contributed by atoms with Crippen LogP contribution in [0.5, 0.6) is 5.75 Å². The van der Waals surface area contributed by atoms with Gasteiger partial charge in [-0.1, -0.05) is 50.1 Å². The van der Waals surface area contributed by atoms with E-state index in [-0.39, 0.29) is 0 Å². The first-order valence-corrected chi connectivity index (χ1v) is 7.49. The molecule has 4 heteroatoms. The van der Waals surface area contributed by atoms with E-state index in [1.165, 1.54) is 0 Å². The van der Waals surface area contributed by atoms with Gasteiger partial charge in [0.1, 0.15) is 12.4 Å². The molecule has 0 amide bonds. The number of aliphatic hydroxyl groups is 1. The van der Waals surface area contributed by atoms with Crippen molar-refractivity contribution < 1.29 is 9.84 Å². The van der Waals surface area contributed by atoms with Gasteiger partial charge in [0.05, 0.1) is 6.10 Å². The number of hydrogen-bond donors (Lipinski definition) is 1. The van der Waals surface area contributed by atoms with Gasteiger partial charge in [0, 0.05) is 14.5 Å². The maximum Gasteiger partial charge on any atom is 0.126 e. The predicted molar refractivity (Wildman–Crippen MR) is 83.2 cm³/mol. The molecule has 0 fully saturated rings. The number of hydrogen-bond acceptors (Lipinski definition) is 2. The van der Waals surface area contributed by atoms with E-state index in [1.54, 1.807) is 6.92 Å². The standard InChI is InChI=1S/C15H14Br2O2/c1-10(18)14-6-5-13(17)8-15(14)19-9-11-3-2-4-12(16)7-11/h2-8,10,18H,9H2,1H3. The van der Waals surface area contributed by atoms with Crippen LogP contribution in [0.1, 0.15) is 24.2 Å². The van der Waals surface area contributed by atoms with Gasteiger partial charge in [-0.05, 0) is 36.8 Å². The minimum atomic E-state index is -0.550. The number of aliphatic hydroxyl groups excluding tert-OH is 1. The zero-order valence-electron chi connectivity index (χ0n) is 10.4. The van der Waals surface area contributed by atoms with Crippen LogP contribution in [0.3, 0.4) is 0 Å². The van der Waals surface area contributed by atoms with Crippen LogP contribution < -0.4 is 4.74 Å². The van der Waals surface area contributed by atoms with Gasteiger partial charge >= 0.3 is 0 Å². The fourth-order valence-electron chi connectivity index (χ4n) is 1.77. The predicted octanol–water partition coefficient (Wildman–Crippen LogP) is 4.84. The van der Waals surface area contributed by atoms with Gasteiger partial charge < -0.3 is 9.84 Å². The highest BCUT2D eigenvalue weighted by molar-refractivity contribution is 9.10. The zero-order chi connectivity index (χ0) is 13.8. The number of rotatable bonds is 4. The number of ether oxygens (including phenoxy) is 1. The summed E-state index contributed by atoms with van der Waals surface area (Å²) in [6.45, 7) is 2.20. The number of benzene rings is 2. The van der Waals surface area contributed by atoms with Gasteiger partial charge in [0.15, 0.2) is 0 Å². The van der Waals surface area contributed by atoms with Crippen molar-refractivity contribution in [1.29, 1.82) is 0 Å². The molecule has 100 valence electrons. The third kappa shape index (κ3) is 4.06. The molecule has 2 aromatic carbocycles. The van der Waals surface area contributed by atoms with Gasteiger partial charge in [0.25, 0.3) is 0 Å². The quantitative estimate of drug-likeness (QED) is 0.815. The van der Waals surface area contributed by atoms with Crippen molar-refractivity contribution >= 4 is 31.9 Å². The van der Waals surface area contributed by atoms with E-state index >= 15 is 0 Å². The largest absolute Gasteiger partial charge is 0.488 e. The Balaban J connectivity index is 2.17. The molecule has 0 bridgehead atoms. The molecule has 19 heavy (non-hydrogen) atoms. The Kier molecular flexibility index (Phi) is 5.02. The molecule has 0 spiro atoms. The summed E-state index contributed by atoms with van der Waals surface area (Å²) in [5.41, 5.74) is 1.86. The first-order chi connectivity index (χ1) is 9.06. The third-order valence-corrected chi connectivity index (χ3v) is 3.70. The van der Waals surface area contributed by atoms with Crippen LogP contribution in [0.25, 0.3) is 0 Å². The van der Waals surface area contributed by atoms with Crippen LogP contribution in [0.15, 0.2) is 51.4 Å². The Morgan fingerprint density at radius 3 is 2.53 bits per heavy atom. The van der Waals surface area contributed by atoms with Gasteiger partial charge in [-0.15, -0.1) is 0 Å². The normalized spacial score (nSPS) is 12.2. The molecule has 2 aromatic rings. The van der Waals surface area contributed by atoms with E-state index in [0.29, 0.717) is 12.4 Å². The minimum absolute atomic E-state index is 0.468. The Morgan fingerprint density at radius 2 is 1.84 bits per heavy atom. The average Bonchev–Trinajstić information content (AvgIpc) is 2.36. The highest BCUT2D eigenvalue weighted by Gasteiger charge is 2.10. The Bertz CT molecular complexity index is 568. The number of halogens is 2. The first kappa shape index (κ1) is 14.6. The summed E-state index contributed by atoms with van der Waals surface area (Å²) in [7, 11) is 0. The second kappa shape index (κ2) is 6.55. The summed E-state index contributed by atoms with van der Waals surface area (Å²) < 4.78 is 7.77. The molecule has 0 saturated heterocycles. The third-order valence-electron chi connectivity index (χ3n) is 2.71. The molecule has 0 heterocycles. The molecule has 2 rings (SSSR count). The van der Waals surface area contributed by atoms with Crippen LogP contribution in [0.4, 0.5) is 0 Å². The minimum Gasteiger partial charge on any atom is -0.488 e. The fourth-order valence-corrected chi connectivity index (χ4v) is 2.55. The lowest BCUT2D eigenvalue weighted by Gasteiger charge is -2.14. The van der Waals surface area contributed by atoms with Crippen LogP contribution in [-0.2, 0) is 6.61 Å². The zero-order valence-corrected chi connectivity index (χ0v) is 13.6. The van der Waals surface area contributed by atoms with Crippen molar-refractivity contribution in [3.05, 3.63) is 62.5 Å². The summed E-state index contributed by atoms with van der Waals surface area (Å²) in [6, 6.07) is 13.6. The molecule has 1 N–H and O–H groups in total. The molecule has 0 aliphatic rings. The molecule has 1 atom stereocenters. The first-order valence-electron chi connectivity index (χ1n) is 5.91. The van der Waals surface area contributed by atoms with Gasteiger partial charge in [-0.3, -0.25) is 0 Å². The van der Waals surface area contributed by atoms with E-state index in [4.69, 9.17) is 4.74 Å². The monoisotopic (exact) mass is 384 g/mol. The van der Waals surface area contributed by atoms with Crippen molar-refractivity contribution in [2.45, 2.75) is 19.6 Å². The molecule has 0 aliphatic carbocycles. The van der Waals surface area contributed by atoms with Crippen LogP contribution >= 0.6 is 31.9 Å². The molecule has 0 aliphatic heterocycles. The molecule has 0 aromatic heterocycles. The molecule has 2 nitrogen and oxygen atoms in total. The van der Waals surface area contributed by atoms with Crippen molar-refractivity contribution in [1.82, 2.24) is 0 Å². The Labute approximate surface area is 129 Å². The van der Waals surface area contributed by atoms with Gasteiger partial charge in [0.2, 0.25) is 0 Å². The summed E-state index contributed by atoms with van der Waals surface area (Å²) in [6.07, 6.45) is -0.550. The summed E-state index contributed by atoms with van der Waals surface area (Å²) in [5, 5.41) is 9.73. The van der Waals surface area contributed by atoms with E-state index < -0.39 is 6.10 Å². The lowest BCUT2D eigenvalue weighted by atomic mass is 10.1. The summed E-state index contributed by atoms with van der Waals surface area (Å²) >= 11 is 6.85. The second-order valence-corrected chi connectivity index (χ2v) is 6.11. The molecule has 0 radical (unpaired) electrons. The van der Waals surface area contributed by atoms with Crippen molar-refractivity contribution in [2.75, 3.05) is 0 Å². The van der Waals surface area contributed by atoms with Crippen molar-refractivity contribution in [3.8, 4) is 5.75 Å². The molecular weight excluding hydrogens is 372 g/mol. The van der Waals surface area contributed by atoms with Crippen LogP contribution in [0, 0.1) is 0 Å². The average molecular weight is 386 g/mol. The van der Waals surface area contributed by atoms with Gasteiger partial charge in [-0.2, -0.15) is 0 Å². The lowest BCUT2D eigenvalue weighted by Crippen LogP contribution is -2.01. The fraction of sp³-hybridized carbons (Fsp3) is 0.200. The lowest BCUT2D eigenvalue weighted by molar-refractivity contribution is 0.190. The van der Waals surface area contributed by atoms with Crippen molar-refractivity contribution in [3.63, 3.8) is 0 Å². The van der Waals surface area contributed by atoms with Gasteiger partial charge in [-0.25, -0.2) is 0 Å². The van der Waals surface area contributed by atoms with E-state index in [1.807, 2.05) is 42.5 Å². The summed E-state index contributed by atoms with van der Waals surface area (Å²) in [4.78, 5) is 0. The topological polar surface area (TPSA) is 29.5 Å². The Morgan fingerprint density at radius 1 is 1.11 bits per heavy atom. The van der Waals surface area contributed by atoms with Crippen LogP contribution in [0.2, 0.25) is 0 Å². The van der Waals surface area contributed by atoms with Crippen molar-refractivity contribution in [2.24, 2.45) is 0 Å². The highest BCUT2D eigenvalue weighted by atomic mass is 79.9. The SMILES string of the molecule is CC(O)c1ccc(Br)cc1OCc1cccc(Br)c1. The Hall–Kier alpha value is -0.840. The highest BCUT2D eigenvalue weighted by Crippen LogP contribution is 2.29. The summed E-state index contributed by atoms with van der Waals surface area (Å²) in [5.74, 6) is 0.698. The van der Waals surface area contributed by atoms with E-state index in [2.05, 4.69) is 31.9 Å². The van der Waals surface area contributed by atoms with E-state index in [0.717, 1.165) is 20.1 Å².